The summed E-state index contributed by atoms with van der Waals surface area (Å²) in [5, 5.41) is 5.65. The predicted molar refractivity (Wildman–Crippen MR) is 93.6 cm³/mol. The minimum absolute atomic E-state index is 0.0567. The van der Waals surface area contributed by atoms with Gasteiger partial charge >= 0.3 is 6.03 Å². The van der Waals surface area contributed by atoms with Crippen LogP contribution in [0.25, 0.3) is 0 Å². The molecule has 0 radical (unpaired) electrons. The van der Waals surface area contributed by atoms with Crippen molar-refractivity contribution in [3.8, 4) is 11.8 Å². The van der Waals surface area contributed by atoms with Crippen LogP contribution in [0.5, 0.6) is 0 Å². The Morgan fingerprint density at radius 2 is 2.00 bits per heavy atom. The molecule has 0 bridgehead atoms. The van der Waals surface area contributed by atoms with Gasteiger partial charge in [0.05, 0.1) is 6.54 Å². The summed E-state index contributed by atoms with van der Waals surface area (Å²) in [6.07, 6.45) is 5.51. The third kappa shape index (κ3) is 4.29. The number of carbonyl (C=O) groups excluding carboxylic acids is 2. The number of nitrogens with one attached hydrogen (secondary N) is 2. The molecule has 3 amide bonds. The number of rotatable bonds is 4. The molecule has 0 spiro atoms. The Bertz CT molecular complexity index is 651. The number of nitrogens with zero attached hydrogens (tertiary/aromatic N) is 1. The number of urea groups is 1. The predicted octanol–water partition coefficient (Wildman–Crippen LogP) is 2.26. The molecule has 2 fully saturated rings. The van der Waals surface area contributed by atoms with E-state index in [1.807, 2.05) is 24.3 Å². The van der Waals surface area contributed by atoms with E-state index in [1.54, 1.807) is 4.90 Å². The fourth-order valence-electron chi connectivity index (χ4n) is 3.28. The highest BCUT2D eigenvalue weighted by molar-refractivity contribution is 5.94. The molecule has 0 aromatic heterocycles. The molecule has 1 heterocycles. The second kappa shape index (κ2) is 7.87. The quantitative estimate of drug-likeness (QED) is 0.834. The maximum absolute atomic E-state index is 11.8. The van der Waals surface area contributed by atoms with Crippen LogP contribution in [-0.2, 0) is 4.79 Å². The zero-order chi connectivity index (χ0) is 16.8. The van der Waals surface area contributed by atoms with Crippen LogP contribution >= 0.6 is 0 Å². The summed E-state index contributed by atoms with van der Waals surface area (Å²) < 4.78 is 0. The van der Waals surface area contributed by atoms with E-state index in [0.29, 0.717) is 32.0 Å². The molecule has 1 aliphatic heterocycles. The summed E-state index contributed by atoms with van der Waals surface area (Å²) >= 11 is 0. The van der Waals surface area contributed by atoms with Crippen LogP contribution in [0.15, 0.2) is 24.3 Å². The van der Waals surface area contributed by atoms with Gasteiger partial charge in [0.2, 0.25) is 5.91 Å². The summed E-state index contributed by atoms with van der Waals surface area (Å²) in [5.74, 6) is 6.69. The second-order valence-electron chi connectivity index (χ2n) is 6.36. The van der Waals surface area contributed by atoms with Gasteiger partial charge in [-0.2, -0.15) is 0 Å². The third-order valence-corrected chi connectivity index (χ3v) is 4.59. The summed E-state index contributed by atoms with van der Waals surface area (Å²) in [6.45, 7) is 1.75. The van der Waals surface area contributed by atoms with Crippen molar-refractivity contribution in [1.29, 1.82) is 0 Å². The average molecular weight is 325 g/mol. The van der Waals surface area contributed by atoms with Gasteiger partial charge in [0, 0.05) is 30.8 Å². The summed E-state index contributed by atoms with van der Waals surface area (Å²) in [5.41, 5.74) is 1.75. The fraction of sp³-hybridized carbons (Fsp3) is 0.474. The van der Waals surface area contributed by atoms with Gasteiger partial charge in [0.15, 0.2) is 0 Å². The van der Waals surface area contributed by atoms with Crippen LogP contribution in [0.4, 0.5) is 10.5 Å². The van der Waals surface area contributed by atoms with E-state index >= 15 is 0 Å². The van der Waals surface area contributed by atoms with E-state index in [2.05, 4.69) is 22.5 Å². The van der Waals surface area contributed by atoms with E-state index < -0.39 is 0 Å². The molecular weight excluding hydrogens is 302 g/mol. The van der Waals surface area contributed by atoms with E-state index in [-0.39, 0.29) is 11.9 Å². The van der Waals surface area contributed by atoms with E-state index in [9.17, 15) is 9.59 Å². The first-order valence-electron chi connectivity index (χ1n) is 8.63. The van der Waals surface area contributed by atoms with E-state index in [0.717, 1.165) is 11.3 Å². The van der Waals surface area contributed by atoms with Crippen molar-refractivity contribution in [2.45, 2.75) is 32.1 Å². The van der Waals surface area contributed by atoms with E-state index in [4.69, 9.17) is 0 Å². The lowest BCUT2D eigenvalue weighted by Crippen LogP contribution is -2.27. The van der Waals surface area contributed by atoms with Crippen molar-refractivity contribution in [1.82, 2.24) is 10.6 Å². The molecule has 2 N–H and O–H groups in total. The molecule has 126 valence electrons. The Hall–Kier alpha value is -2.48. The highest BCUT2D eigenvalue weighted by Gasteiger charge is 2.20. The summed E-state index contributed by atoms with van der Waals surface area (Å²) in [6, 6.07) is 7.53. The maximum atomic E-state index is 11.8. The van der Waals surface area contributed by atoms with Crippen LogP contribution in [0.3, 0.4) is 0 Å². The molecule has 1 aromatic carbocycles. The van der Waals surface area contributed by atoms with Crippen LogP contribution in [0.2, 0.25) is 0 Å². The minimum Gasteiger partial charge on any atom is -0.345 e. The topological polar surface area (TPSA) is 61.4 Å². The van der Waals surface area contributed by atoms with Crippen molar-refractivity contribution in [2.24, 2.45) is 5.92 Å². The van der Waals surface area contributed by atoms with Gasteiger partial charge in [-0.05, 0) is 43.0 Å². The van der Waals surface area contributed by atoms with Crippen LogP contribution < -0.4 is 15.5 Å². The van der Waals surface area contributed by atoms with Crippen LogP contribution in [-0.4, -0.2) is 31.6 Å². The number of amides is 3. The van der Waals surface area contributed by atoms with Gasteiger partial charge in [-0.1, -0.05) is 24.7 Å². The van der Waals surface area contributed by atoms with Gasteiger partial charge < -0.3 is 10.6 Å². The average Bonchev–Trinajstić information content (AvgIpc) is 3.24. The standard InChI is InChI=1S/C19H23N3O2/c23-18(14-16-4-1-2-5-16)20-11-3-6-15-7-9-17(10-8-15)22-13-12-21-19(22)24/h7-10,16H,1-2,4-5,11-14H2,(H,20,23)(H,21,24). The monoisotopic (exact) mass is 325 g/mol. The Kier molecular flexibility index (Phi) is 5.37. The summed E-state index contributed by atoms with van der Waals surface area (Å²) in [4.78, 5) is 25.1. The lowest BCUT2D eigenvalue weighted by atomic mass is 10.0. The smallest absolute Gasteiger partial charge is 0.321 e. The van der Waals surface area contributed by atoms with E-state index in [1.165, 1.54) is 25.7 Å². The molecule has 5 nitrogen and oxygen atoms in total. The highest BCUT2D eigenvalue weighted by Crippen LogP contribution is 2.27. The molecule has 0 atom stereocenters. The molecule has 3 rings (SSSR count). The Morgan fingerprint density at radius 3 is 2.67 bits per heavy atom. The molecule has 1 saturated heterocycles. The molecule has 2 aliphatic rings. The van der Waals surface area contributed by atoms with Crippen LogP contribution in [0, 0.1) is 17.8 Å². The Labute approximate surface area is 142 Å². The number of carbonyl (C=O) groups is 2. The van der Waals surface area contributed by atoms with Gasteiger partial charge in [-0.3, -0.25) is 9.69 Å². The molecular formula is C19H23N3O2. The largest absolute Gasteiger partial charge is 0.345 e. The lowest BCUT2D eigenvalue weighted by molar-refractivity contribution is -0.121. The number of benzene rings is 1. The zero-order valence-electron chi connectivity index (χ0n) is 13.8. The zero-order valence-corrected chi connectivity index (χ0v) is 13.8. The highest BCUT2D eigenvalue weighted by atomic mass is 16.2. The molecule has 1 aromatic rings. The van der Waals surface area contributed by atoms with Crippen molar-refractivity contribution in [3.63, 3.8) is 0 Å². The van der Waals surface area contributed by atoms with Crippen molar-refractivity contribution in [2.75, 3.05) is 24.5 Å². The number of hydrogen-bond donors (Lipinski definition) is 2. The van der Waals surface area contributed by atoms with Gasteiger partial charge in [-0.25, -0.2) is 4.79 Å². The van der Waals surface area contributed by atoms with Gasteiger partial charge in [0.1, 0.15) is 0 Å². The molecule has 1 aliphatic carbocycles. The van der Waals surface area contributed by atoms with Gasteiger partial charge in [0.25, 0.3) is 0 Å². The maximum Gasteiger partial charge on any atom is 0.321 e. The number of anilines is 1. The SMILES string of the molecule is O=C(CC1CCCC1)NCC#Cc1ccc(N2CCNC2=O)cc1. The molecule has 1 saturated carbocycles. The lowest BCUT2D eigenvalue weighted by Gasteiger charge is -2.13. The first-order valence-corrected chi connectivity index (χ1v) is 8.63. The first-order chi connectivity index (χ1) is 11.7. The third-order valence-electron chi connectivity index (χ3n) is 4.59. The summed E-state index contributed by atoms with van der Waals surface area (Å²) in [7, 11) is 0. The Morgan fingerprint density at radius 1 is 1.25 bits per heavy atom. The van der Waals surface area contributed by atoms with Crippen molar-refractivity contribution < 1.29 is 9.59 Å². The molecule has 24 heavy (non-hydrogen) atoms. The Balaban J connectivity index is 1.45. The second-order valence-corrected chi connectivity index (χ2v) is 6.36. The van der Waals surface area contributed by atoms with Crippen molar-refractivity contribution in [3.05, 3.63) is 29.8 Å². The van der Waals surface area contributed by atoms with Crippen molar-refractivity contribution >= 4 is 17.6 Å². The van der Waals surface area contributed by atoms with Crippen LogP contribution in [0.1, 0.15) is 37.7 Å². The fourth-order valence-corrected chi connectivity index (χ4v) is 3.28. The minimum atomic E-state index is -0.0567. The molecule has 0 unspecified atom stereocenters. The first kappa shape index (κ1) is 16.4. The molecule has 5 heteroatoms. The number of hydrogen-bond acceptors (Lipinski definition) is 2. The van der Waals surface area contributed by atoms with Gasteiger partial charge in [-0.15, -0.1) is 0 Å². The normalized spacial score (nSPS) is 17.3.